The molecule has 0 amide bonds. The molecule has 2 heterocycles. The first-order valence-electron chi connectivity index (χ1n) is 13.1. The fourth-order valence-electron chi connectivity index (χ4n) is 5.82. The average Bonchev–Trinajstić information content (AvgIpc) is 2.91. The lowest BCUT2D eigenvalue weighted by Gasteiger charge is -2.61. The first kappa shape index (κ1) is 38.6. The summed E-state index contributed by atoms with van der Waals surface area (Å²) >= 11 is 2.76. The van der Waals surface area contributed by atoms with Crippen molar-refractivity contribution in [3.8, 4) is 0 Å². The average molecular weight is 715 g/mol. The quantitative estimate of drug-likeness (QED) is 0.0885. The van der Waals surface area contributed by atoms with Crippen LogP contribution < -0.4 is 0 Å². The zero-order chi connectivity index (χ0) is 35.2. The summed E-state index contributed by atoms with van der Waals surface area (Å²) in [6, 6.07) is 0. The van der Waals surface area contributed by atoms with Gasteiger partial charge in [0.2, 0.25) is 16.8 Å². The molecule has 0 saturated carbocycles. The van der Waals surface area contributed by atoms with Gasteiger partial charge >= 0.3 is 11.9 Å². The van der Waals surface area contributed by atoms with E-state index < -0.39 is 111 Å². The molecule has 0 aromatic rings. The summed E-state index contributed by atoms with van der Waals surface area (Å²) in [5.41, 5.74) is -10.3. The van der Waals surface area contributed by atoms with Crippen LogP contribution in [0, 0.1) is 0 Å². The minimum Gasteiger partial charge on any atom is -0.444 e. The molecule has 254 valence electrons. The number of esters is 2. The van der Waals surface area contributed by atoms with E-state index in [0.717, 1.165) is 13.8 Å². The highest BCUT2D eigenvalue weighted by molar-refractivity contribution is 9.10. The highest BCUT2D eigenvalue weighted by Gasteiger charge is 2.81. The number of halogens is 1. The summed E-state index contributed by atoms with van der Waals surface area (Å²) in [5, 5.41) is 65.4. The maximum atomic E-state index is 13.7. The van der Waals surface area contributed by atoms with Crippen molar-refractivity contribution in [1.29, 1.82) is 0 Å². The molecule has 2 aliphatic heterocycles. The van der Waals surface area contributed by atoms with Gasteiger partial charge in [0.05, 0.1) is 6.61 Å². The van der Waals surface area contributed by atoms with Crippen molar-refractivity contribution in [1.82, 2.24) is 0 Å². The van der Waals surface area contributed by atoms with E-state index in [1.807, 2.05) is 0 Å². The Morgan fingerprint density at radius 2 is 1.24 bits per heavy atom. The van der Waals surface area contributed by atoms with Crippen molar-refractivity contribution in [2.75, 3.05) is 6.61 Å². The van der Waals surface area contributed by atoms with E-state index >= 15 is 0 Å². The van der Waals surface area contributed by atoms with Gasteiger partial charge in [0, 0.05) is 20.8 Å². The molecule has 0 aliphatic carbocycles. The Labute approximate surface area is 263 Å². The second kappa shape index (κ2) is 12.9. The van der Waals surface area contributed by atoms with Crippen molar-refractivity contribution in [2.45, 2.75) is 112 Å². The van der Waals surface area contributed by atoms with Crippen molar-refractivity contribution in [2.24, 2.45) is 0 Å². The number of rotatable bonds is 11. The number of alkyl halides is 1. The topological polar surface area (TPSA) is 287 Å². The van der Waals surface area contributed by atoms with Gasteiger partial charge in [-0.25, -0.2) is 0 Å². The summed E-state index contributed by atoms with van der Waals surface area (Å²) in [5.74, 6) is -13.7. The number of hydrogen-bond acceptors (Lipinski definition) is 18. The maximum Gasteiger partial charge on any atom is 0.304 e. The third kappa shape index (κ3) is 5.37. The van der Waals surface area contributed by atoms with Crippen LogP contribution in [-0.2, 0) is 57.2 Å². The predicted molar refractivity (Wildman–Crippen MR) is 144 cm³/mol. The highest BCUT2D eigenvalue weighted by atomic mass is 79.9. The Kier molecular flexibility index (Phi) is 11.1. The standard InChI is InChI=1S/C26H35BrO18/c1-9(29)22(16(8-28)41-21(40)20(39)23(22,10(2)30)42-14(6)34)44-25(12(4)32)19(38)17(36)18(37)24(45-25,11(3)31)26(27,13(5)33)43-15(7)35/h16-21,28,36-40H,8H2,1-7H3/t16-,17+,18-,19-,20+,21+,22-,23-,24+,25-,26?/m1/s1. The van der Waals surface area contributed by atoms with Crippen LogP contribution in [0.2, 0.25) is 0 Å². The van der Waals surface area contributed by atoms with Gasteiger partial charge in [0.1, 0.15) is 24.4 Å². The predicted octanol–water partition coefficient (Wildman–Crippen LogP) is -3.74. The molecular weight excluding hydrogens is 680 g/mol. The van der Waals surface area contributed by atoms with E-state index in [1.165, 1.54) is 0 Å². The summed E-state index contributed by atoms with van der Waals surface area (Å²) in [6.45, 7) is 3.33. The molecule has 2 saturated heterocycles. The van der Waals surface area contributed by atoms with E-state index in [4.69, 9.17) is 23.7 Å². The minimum absolute atomic E-state index is 0.589. The van der Waals surface area contributed by atoms with Crippen LogP contribution in [0.4, 0.5) is 0 Å². The zero-order valence-electron chi connectivity index (χ0n) is 25.1. The van der Waals surface area contributed by atoms with E-state index in [9.17, 15) is 64.2 Å². The Balaban J connectivity index is 3.22. The first-order chi connectivity index (χ1) is 20.4. The number of ether oxygens (including phenoxy) is 5. The number of ketones is 5. The molecule has 19 heteroatoms. The van der Waals surface area contributed by atoms with Crippen LogP contribution in [0.1, 0.15) is 48.5 Å². The number of aliphatic hydroxyl groups excluding tert-OH is 6. The lowest BCUT2D eigenvalue weighted by Crippen LogP contribution is -2.86. The SMILES string of the molecule is CC(=O)OC(Br)(C(C)=O)[C@@]1(C(C)=O)O[C@](O[C@]2(C(C)=O)[C@@H](CO)O[C@H](O)[C@H](O)[C@]2(OC(C)=O)C(C)=O)(C(C)=O)[C@H](O)[C@@H](O)[C@H]1O. The van der Waals surface area contributed by atoms with E-state index in [1.54, 1.807) is 0 Å². The summed E-state index contributed by atoms with van der Waals surface area (Å²) in [6.07, 6.45) is -15.9. The van der Waals surface area contributed by atoms with Crippen LogP contribution in [0.3, 0.4) is 0 Å². The minimum atomic E-state index is -3.72. The molecule has 0 bridgehead atoms. The van der Waals surface area contributed by atoms with E-state index in [2.05, 4.69) is 15.9 Å². The lowest BCUT2D eigenvalue weighted by atomic mass is 9.67. The van der Waals surface area contributed by atoms with Gasteiger partial charge in [0.15, 0.2) is 41.3 Å². The fourth-order valence-corrected chi connectivity index (χ4v) is 6.64. The number of carbonyl (C=O) groups is 7. The number of aliphatic hydroxyl groups is 6. The van der Waals surface area contributed by atoms with Crippen molar-refractivity contribution in [3.63, 3.8) is 0 Å². The Morgan fingerprint density at radius 3 is 1.60 bits per heavy atom. The molecule has 0 spiro atoms. The number of carbonyl (C=O) groups excluding carboxylic acids is 7. The van der Waals surface area contributed by atoms with E-state index in [-0.39, 0.29) is 0 Å². The summed E-state index contributed by atoms with van der Waals surface area (Å²) < 4.78 is 23.7. The summed E-state index contributed by atoms with van der Waals surface area (Å²) in [7, 11) is 0. The maximum absolute atomic E-state index is 13.7. The lowest BCUT2D eigenvalue weighted by molar-refractivity contribution is -0.426. The third-order valence-electron chi connectivity index (χ3n) is 7.82. The summed E-state index contributed by atoms with van der Waals surface area (Å²) in [4.78, 5) is 91.4. The number of hydrogen-bond donors (Lipinski definition) is 6. The van der Waals surface area contributed by atoms with E-state index in [0.29, 0.717) is 34.6 Å². The van der Waals surface area contributed by atoms with Crippen LogP contribution in [-0.4, -0.2) is 142 Å². The monoisotopic (exact) mass is 714 g/mol. The Hall–Kier alpha value is -2.59. The van der Waals surface area contributed by atoms with Crippen molar-refractivity contribution >= 4 is 56.8 Å². The molecule has 45 heavy (non-hydrogen) atoms. The molecule has 2 rings (SSSR count). The van der Waals surface area contributed by atoms with Crippen LogP contribution in [0.15, 0.2) is 0 Å². The zero-order valence-corrected chi connectivity index (χ0v) is 26.7. The smallest absolute Gasteiger partial charge is 0.304 e. The molecule has 0 aromatic carbocycles. The third-order valence-corrected chi connectivity index (χ3v) is 9.13. The molecule has 0 radical (unpaired) electrons. The molecule has 6 N–H and O–H groups in total. The molecule has 1 unspecified atom stereocenters. The second-order valence-electron chi connectivity index (χ2n) is 10.7. The second-order valence-corrected chi connectivity index (χ2v) is 11.8. The van der Waals surface area contributed by atoms with Gasteiger partial charge < -0.3 is 54.3 Å². The normalized spacial score (nSPS) is 39.6. The number of Topliss-reactive ketones (excluding diaryl/α,β-unsaturated/α-hetero) is 5. The molecule has 2 fully saturated rings. The van der Waals surface area contributed by atoms with Gasteiger partial charge in [-0.05, 0) is 43.6 Å². The molecule has 2 aliphatic rings. The molecule has 18 nitrogen and oxygen atoms in total. The van der Waals surface area contributed by atoms with Gasteiger partial charge in [-0.2, -0.15) is 0 Å². The van der Waals surface area contributed by atoms with Crippen molar-refractivity contribution in [3.05, 3.63) is 0 Å². The van der Waals surface area contributed by atoms with Gasteiger partial charge in [-0.15, -0.1) is 0 Å². The van der Waals surface area contributed by atoms with Crippen LogP contribution in [0.25, 0.3) is 0 Å². The van der Waals surface area contributed by atoms with Gasteiger partial charge in [-0.3, -0.25) is 33.6 Å². The fraction of sp³-hybridized carbons (Fsp3) is 0.731. The van der Waals surface area contributed by atoms with Crippen molar-refractivity contribution < 1.29 is 87.9 Å². The first-order valence-corrected chi connectivity index (χ1v) is 13.9. The Morgan fingerprint density at radius 1 is 0.733 bits per heavy atom. The highest BCUT2D eigenvalue weighted by Crippen LogP contribution is 2.53. The molecule has 11 atom stereocenters. The van der Waals surface area contributed by atoms with Gasteiger partial charge in [0.25, 0.3) is 10.3 Å². The molecular formula is C26H35BrO18. The van der Waals surface area contributed by atoms with Crippen LogP contribution in [0.5, 0.6) is 0 Å². The van der Waals surface area contributed by atoms with Crippen LogP contribution >= 0.6 is 15.9 Å². The molecule has 0 aromatic heterocycles. The van der Waals surface area contributed by atoms with Gasteiger partial charge in [-0.1, -0.05) is 0 Å². The Bertz CT molecular complexity index is 1290. The largest absolute Gasteiger partial charge is 0.444 e.